The number of carboxylic acids is 1. The summed E-state index contributed by atoms with van der Waals surface area (Å²) in [4.78, 5) is 74.2. The number of hydrogen-bond donors (Lipinski definition) is 1. The number of Topliss-reactive ketones (excluding diaryl/α,β-unsaturated/α-hetero) is 2. The quantitative estimate of drug-likeness (QED) is 0.271. The Labute approximate surface area is 235 Å². The maximum Gasteiger partial charge on any atom is 0.331 e. The van der Waals surface area contributed by atoms with Crippen LogP contribution in [-0.2, 0) is 43.0 Å². The van der Waals surface area contributed by atoms with Crippen LogP contribution in [0.15, 0.2) is 0 Å². The highest BCUT2D eigenvalue weighted by atomic mass is 16.6. The van der Waals surface area contributed by atoms with Gasteiger partial charge in [-0.05, 0) is 51.9 Å². The van der Waals surface area contributed by atoms with Crippen molar-refractivity contribution in [1.29, 1.82) is 0 Å². The average molecular weight is 565 g/mol. The lowest BCUT2D eigenvalue weighted by Gasteiger charge is -2.45. The zero-order valence-corrected chi connectivity index (χ0v) is 24.1. The van der Waals surface area contributed by atoms with E-state index in [0.717, 1.165) is 44.9 Å². The van der Waals surface area contributed by atoms with Crippen LogP contribution in [-0.4, -0.2) is 60.4 Å². The summed E-state index contributed by atoms with van der Waals surface area (Å²) in [6, 6.07) is 0. The molecule has 2 atom stereocenters. The van der Waals surface area contributed by atoms with Crippen molar-refractivity contribution in [1.82, 2.24) is 0 Å². The summed E-state index contributed by atoms with van der Waals surface area (Å²) in [5.74, 6) is -4.74. The van der Waals surface area contributed by atoms with Crippen molar-refractivity contribution in [3.63, 3.8) is 0 Å². The van der Waals surface area contributed by atoms with Gasteiger partial charge in [-0.2, -0.15) is 0 Å². The number of carbonyl (C=O) groups excluding carboxylic acids is 5. The van der Waals surface area contributed by atoms with E-state index in [4.69, 9.17) is 19.3 Å². The van der Waals surface area contributed by atoms with Gasteiger partial charge in [-0.1, -0.05) is 38.5 Å². The van der Waals surface area contributed by atoms with Crippen LogP contribution in [0.1, 0.15) is 104 Å². The predicted octanol–water partition coefficient (Wildman–Crippen LogP) is 4.20. The van der Waals surface area contributed by atoms with Gasteiger partial charge in [-0.25, -0.2) is 0 Å². The molecule has 4 aliphatic rings. The van der Waals surface area contributed by atoms with Crippen molar-refractivity contribution in [2.45, 2.75) is 104 Å². The summed E-state index contributed by atoms with van der Waals surface area (Å²) in [7, 11) is 0. The molecule has 0 heterocycles. The Kier molecular flexibility index (Phi) is 10.5. The minimum atomic E-state index is -2.07. The zero-order chi connectivity index (χ0) is 29.6. The van der Waals surface area contributed by atoms with E-state index in [9.17, 15) is 28.8 Å². The highest BCUT2D eigenvalue weighted by molar-refractivity contribution is 6.23. The summed E-state index contributed by atoms with van der Waals surface area (Å²) in [6.45, 7) is 5.16. The van der Waals surface area contributed by atoms with Gasteiger partial charge in [0.1, 0.15) is 5.78 Å². The second-order valence-electron chi connectivity index (χ2n) is 11.6. The second kappa shape index (κ2) is 13.3. The molecule has 10 nitrogen and oxygen atoms in total. The number of carbonyl (C=O) groups is 6. The van der Waals surface area contributed by atoms with Crippen molar-refractivity contribution >= 4 is 35.4 Å². The molecule has 0 aromatic heterocycles. The van der Waals surface area contributed by atoms with Crippen molar-refractivity contribution in [2.24, 2.45) is 28.1 Å². The Morgan fingerprint density at radius 1 is 0.725 bits per heavy atom. The van der Waals surface area contributed by atoms with E-state index in [1.165, 1.54) is 6.42 Å². The van der Waals surface area contributed by atoms with Crippen LogP contribution in [0.3, 0.4) is 0 Å². The summed E-state index contributed by atoms with van der Waals surface area (Å²) < 4.78 is 15.5. The van der Waals surface area contributed by atoms with E-state index in [-0.39, 0.29) is 43.9 Å². The monoisotopic (exact) mass is 564 g/mol. The number of ketones is 2. The first-order valence-electron chi connectivity index (χ1n) is 14.8. The molecule has 0 aliphatic heterocycles. The lowest BCUT2D eigenvalue weighted by Crippen LogP contribution is -2.58. The van der Waals surface area contributed by atoms with Crippen LogP contribution in [0.25, 0.3) is 0 Å². The van der Waals surface area contributed by atoms with Gasteiger partial charge in [0.25, 0.3) is 0 Å². The zero-order valence-electron chi connectivity index (χ0n) is 24.1. The number of hydrogen-bond acceptors (Lipinski definition) is 9. The molecule has 0 saturated heterocycles. The standard InChI is InChI=1S/C19H28O7.C11H16O3/c1-4-24-15(21)13-12-14(20)19(16(22)25-5-2,17(23)26-6-3)18(13)10-8-7-9-11-18;12-8-6-9(10(13)14)11(7-8)4-2-1-3-5-11/h13H,4-12H2,1-3H3;9H,1-7H2,(H,13,14). The predicted molar refractivity (Wildman–Crippen MR) is 142 cm³/mol. The molecule has 0 amide bonds. The lowest BCUT2D eigenvalue weighted by molar-refractivity contribution is -0.187. The van der Waals surface area contributed by atoms with Crippen molar-refractivity contribution in [3.8, 4) is 0 Å². The molecular formula is C30H44O10. The third-order valence-corrected chi connectivity index (χ3v) is 9.57. The molecule has 0 bridgehead atoms. The SMILES string of the molecule is CCOC(=O)C1CC(=O)C(C(=O)OCC)(C(=O)OCC)C12CCCCC2.O=C1CC(C(=O)O)C2(CCCCC2)C1. The molecule has 4 aliphatic carbocycles. The van der Waals surface area contributed by atoms with Crippen LogP contribution in [0.4, 0.5) is 0 Å². The molecule has 1 N–H and O–H groups in total. The Morgan fingerprint density at radius 3 is 1.70 bits per heavy atom. The fourth-order valence-corrected chi connectivity index (χ4v) is 7.89. The summed E-state index contributed by atoms with van der Waals surface area (Å²) >= 11 is 0. The number of rotatable bonds is 7. The van der Waals surface area contributed by atoms with Gasteiger partial charge in [0.15, 0.2) is 5.78 Å². The third kappa shape index (κ3) is 5.55. The lowest BCUT2D eigenvalue weighted by atomic mass is 9.55. The Morgan fingerprint density at radius 2 is 1.23 bits per heavy atom. The third-order valence-electron chi connectivity index (χ3n) is 9.57. The van der Waals surface area contributed by atoms with Crippen molar-refractivity contribution < 1.29 is 48.1 Å². The Balaban J connectivity index is 0.000000263. The molecule has 2 spiro atoms. The van der Waals surface area contributed by atoms with Gasteiger partial charge < -0.3 is 19.3 Å². The van der Waals surface area contributed by atoms with E-state index in [2.05, 4.69) is 0 Å². The van der Waals surface area contributed by atoms with Crippen LogP contribution in [0, 0.1) is 28.1 Å². The van der Waals surface area contributed by atoms with Gasteiger partial charge in [0.2, 0.25) is 5.41 Å². The number of ether oxygens (including phenoxy) is 3. The van der Waals surface area contributed by atoms with E-state index >= 15 is 0 Å². The molecule has 0 aromatic carbocycles. The molecule has 2 unspecified atom stereocenters. The highest BCUT2D eigenvalue weighted by Gasteiger charge is 2.76. The minimum absolute atomic E-state index is 0.0351. The maximum absolute atomic E-state index is 13.1. The first kappa shape index (κ1) is 31.7. The molecule has 40 heavy (non-hydrogen) atoms. The molecule has 4 saturated carbocycles. The molecule has 224 valence electrons. The number of esters is 3. The fourth-order valence-electron chi connectivity index (χ4n) is 7.89. The summed E-state index contributed by atoms with van der Waals surface area (Å²) in [5.41, 5.74) is -3.37. The van der Waals surface area contributed by atoms with Gasteiger partial charge in [-0.3, -0.25) is 28.8 Å². The normalized spacial score (nSPS) is 26.1. The smallest absolute Gasteiger partial charge is 0.331 e. The highest BCUT2D eigenvalue weighted by Crippen LogP contribution is 2.63. The minimum Gasteiger partial charge on any atom is -0.481 e. The van der Waals surface area contributed by atoms with E-state index in [1.54, 1.807) is 20.8 Å². The number of aliphatic carboxylic acids is 1. The summed E-state index contributed by atoms with van der Waals surface area (Å²) in [6.07, 6.45) is 9.07. The van der Waals surface area contributed by atoms with Gasteiger partial charge in [-0.15, -0.1) is 0 Å². The van der Waals surface area contributed by atoms with E-state index in [0.29, 0.717) is 19.3 Å². The van der Waals surface area contributed by atoms with Crippen LogP contribution in [0.5, 0.6) is 0 Å². The van der Waals surface area contributed by atoms with Crippen LogP contribution >= 0.6 is 0 Å². The molecule has 0 aromatic rings. The van der Waals surface area contributed by atoms with Gasteiger partial charge >= 0.3 is 23.9 Å². The van der Waals surface area contributed by atoms with Gasteiger partial charge in [0.05, 0.1) is 31.7 Å². The molecular weight excluding hydrogens is 520 g/mol. The molecule has 10 heteroatoms. The Hall–Kier alpha value is -2.78. The largest absolute Gasteiger partial charge is 0.481 e. The van der Waals surface area contributed by atoms with Crippen molar-refractivity contribution in [2.75, 3.05) is 19.8 Å². The summed E-state index contributed by atoms with van der Waals surface area (Å²) in [5, 5.41) is 9.10. The number of carboxylic acid groups (broad SMARTS) is 1. The van der Waals surface area contributed by atoms with E-state index in [1.807, 2.05) is 0 Å². The molecule has 4 rings (SSSR count). The topological polar surface area (TPSA) is 150 Å². The second-order valence-corrected chi connectivity index (χ2v) is 11.6. The molecule has 0 radical (unpaired) electrons. The fraction of sp³-hybridized carbons (Fsp3) is 0.800. The van der Waals surface area contributed by atoms with Crippen LogP contribution < -0.4 is 0 Å². The van der Waals surface area contributed by atoms with Crippen LogP contribution in [0.2, 0.25) is 0 Å². The first-order chi connectivity index (χ1) is 19.1. The first-order valence-corrected chi connectivity index (χ1v) is 14.8. The molecule has 4 fully saturated rings. The van der Waals surface area contributed by atoms with Crippen molar-refractivity contribution in [3.05, 3.63) is 0 Å². The maximum atomic E-state index is 13.1. The van der Waals surface area contributed by atoms with Gasteiger partial charge in [0, 0.05) is 24.7 Å². The van der Waals surface area contributed by atoms with E-state index < -0.39 is 52.3 Å². The Bertz CT molecular complexity index is 968. The average Bonchev–Trinajstić information content (AvgIpc) is 3.37.